The van der Waals surface area contributed by atoms with Crippen molar-refractivity contribution in [1.29, 1.82) is 0 Å². The highest BCUT2D eigenvalue weighted by Gasteiger charge is 2.22. The largest absolute Gasteiger partial charge is 0.364 e. The number of pyridine rings is 1. The van der Waals surface area contributed by atoms with Crippen LogP contribution in [-0.2, 0) is 6.54 Å². The van der Waals surface area contributed by atoms with Gasteiger partial charge in [0.15, 0.2) is 0 Å². The average molecular weight is 448 g/mol. The van der Waals surface area contributed by atoms with Crippen molar-refractivity contribution < 1.29 is 4.39 Å². The van der Waals surface area contributed by atoms with Crippen LogP contribution in [0.25, 0.3) is 11.3 Å². The number of nitrogens with one attached hydrogen (secondary N) is 1. The molecule has 1 aliphatic heterocycles. The lowest BCUT2D eigenvalue weighted by molar-refractivity contribution is 0.428. The van der Waals surface area contributed by atoms with Crippen LogP contribution in [0.4, 0.5) is 10.1 Å². The molecular formula is C24H28Cl2FN3. The van der Waals surface area contributed by atoms with E-state index >= 15 is 0 Å². The van der Waals surface area contributed by atoms with Crippen LogP contribution in [0.1, 0.15) is 24.0 Å². The van der Waals surface area contributed by atoms with E-state index in [4.69, 9.17) is 0 Å². The summed E-state index contributed by atoms with van der Waals surface area (Å²) in [6.45, 7) is 4.99. The van der Waals surface area contributed by atoms with Gasteiger partial charge in [-0.2, -0.15) is 0 Å². The van der Waals surface area contributed by atoms with Crippen molar-refractivity contribution in [1.82, 2.24) is 10.3 Å². The first kappa shape index (κ1) is 24.1. The fraction of sp³-hybridized carbons (Fsp3) is 0.292. The van der Waals surface area contributed by atoms with Crippen LogP contribution in [-0.4, -0.2) is 24.1 Å². The Kier molecular flexibility index (Phi) is 9.09. The monoisotopic (exact) mass is 447 g/mol. The van der Waals surface area contributed by atoms with E-state index in [0.717, 1.165) is 38.0 Å². The van der Waals surface area contributed by atoms with Crippen LogP contribution in [0.15, 0.2) is 66.9 Å². The first-order chi connectivity index (χ1) is 13.7. The van der Waals surface area contributed by atoms with Crippen LogP contribution in [0.3, 0.4) is 0 Å². The van der Waals surface area contributed by atoms with Gasteiger partial charge in [0.25, 0.3) is 0 Å². The van der Waals surface area contributed by atoms with Gasteiger partial charge in [0, 0.05) is 30.0 Å². The first-order valence-corrected chi connectivity index (χ1v) is 9.94. The molecule has 0 radical (unpaired) electrons. The van der Waals surface area contributed by atoms with E-state index in [2.05, 4.69) is 46.4 Å². The van der Waals surface area contributed by atoms with E-state index in [1.165, 1.54) is 17.3 Å². The molecule has 0 atom stereocenters. The molecule has 1 N–H and O–H groups in total. The molecule has 0 unspecified atom stereocenters. The van der Waals surface area contributed by atoms with Gasteiger partial charge in [-0.3, -0.25) is 4.98 Å². The molecule has 3 aromatic rings. The second-order valence-electron chi connectivity index (χ2n) is 7.47. The predicted molar refractivity (Wildman–Crippen MR) is 127 cm³/mol. The Morgan fingerprint density at radius 2 is 1.70 bits per heavy atom. The van der Waals surface area contributed by atoms with Crippen LogP contribution in [0.5, 0.6) is 0 Å². The third-order valence-electron chi connectivity index (χ3n) is 5.44. The Hall–Kier alpha value is -2.14. The normalized spacial score (nSPS) is 13.8. The minimum Gasteiger partial charge on any atom is -0.364 e. The number of aryl methyl sites for hydroxylation is 1. The molecule has 3 nitrogen and oxygen atoms in total. The number of nitrogens with zero attached hydrogens (tertiary/aromatic N) is 2. The van der Waals surface area contributed by atoms with Gasteiger partial charge >= 0.3 is 0 Å². The minimum absolute atomic E-state index is 0. The van der Waals surface area contributed by atoms with Crippen LogP contribution in [0.2, 0.25) is 0 Å². The molecular weight excluding hydrogens is 420 g/mol. The smallest absolute Gasteiger partial charge is 0.132 e. The Balaban J connectivity index is 0.00000160. The second kappa shape index (κ2) is 11.3. The van der Waals surface area contributed by atoms with Gasteiger partial charge < -0.3 is 10.2 Å². The van der Waals surface area contributed by atoms with Crippen LogP contribution >= 0.6 is 24.8 Å². The first-order valence-electron chi connectivity index (χ1n) is 9.94. The summed E-state index contributed by atoms with van der Waals surface area (Å²) in [7, 11) is 0. The topological polar surface area (TPSA) is 28.2 Å². The quantitative estimate of drug-likeness (QED) is 0.535. The standard InChI is InChI=1S/C24H26FN3.2ClH/c1-18-6-8-20(9-7-18)28(21-11-13-26-14-12-21)17-19-10-15-27-24(16-19)22-4-2-3-5-23(22)25;;/h2-10,15-16,21,26H,11-14,17H2,1H3;2*1H. The number of anilines is 1. The molecule has 0 amide bonds. The van der Waals surface area contributed by atoms with Gasteiger partial charge in [0.2, 0.25) is 0 Å². The molecule has 30 heavy (non-hydrogen) atoms. The van der Waals surface area contributed by atoms with Crippen LogP contribution in [0, 0.1) is 12.7 Å². The maximum absolute atomic E-state index is 14.2. The molecule has 0 spiro atoms. The fourth-order valence-electron chi connectivity index (χ4n) is 3.87. The molecule has 1 aromatic heterocycles. The van der Waals surface area contributed by atoms with Crippen molar-refractivity contribution in [3.8, 4) is 11.3 Å². The van der Waals surface area contributed by atoms with Crippen molar-refractivity contribution >= 4 is 30.5 Å². The maximum Gasteiger partial charge on any atom is 0.132 e. The van der Waals surface area contributed by atoms with Gasteiger partial charge in [0.05, 0.1) is 5.69 Å². The molecule has 0 saturated carbocycles. The van der Waals surface area contributed by atoms with Crippen molar-refractivity contribution in [3.63, 3.8) is 0 Å². The summed E-state index contributed by atoms with van der Waals surface area (Å²) in [5.41, 5.74) is 4.88. The lowest BCUT2D eigenvalue weighted by atomic mass is 10.0. The van der Waals surface area contributed by atoms with Crippen molar-refractivity contribution in [2.75, 3.05) is 18.0 Å². The molecule has 0 bridgehead atoms. The Morgan fingerprint density at radius 3 is 2.40 bits per heavy atom. The van der Waals surface area contributed by atoms with Crippen LogP contribution < -0.4 is 10.2 Å². The Morgan fingerprint density at radius 1 is 1.00 bits per heavy atom. The third kappa shape index (κ3) is 5.72. The molecule has 1 aliphatic rings. The maximum atomic E-state index is 14.2. The second-order valence-corrected chi connectivity index (χ2v) is 7.47. The molecule has 1 fully saturated rings. The molecule has 2 aromatic carbocycles. The van der Waals surface area contributed by atoms with E-state index in [1.807, 2.05) is 18.2 Å². The summed E-state index contributed by atoms with van der Waals surface area (Å²) >= 11 is 0. The number of aromatic nitrogens is 1. The summed E-state index contributed by atoms with van der Waals surface area (Å²) in [5.74, 6) is -0.235. The number of benzene rings is 2. The summed E-state index contributed by atoms with van der Waals surface area (Å²) in [4.78, 5) is 6.89. The van der Waals surface area contributed by atoms with Crippen molar-refractivity contribution in [2.24, 2.45) is 0 Å². The van der Waals surface area contributed by atoms with Crippen molar-refractivity contribution in [2.45, 2.75) is 32.4 Å². The SMILES string of the molecule is Cc1ccc(N(Cc2ccnc(-c3ccccc3F)c2)C2CCNCC2)cc1.Cl.Cl. The summed E-state index contributed by atoms with van der Waals surface area (Å²) in [5, 5.41) is 3.45. The van der Waals surface area contributed by atoms with Gasteiger partial charge in [0.1, 0.15) is 5.82 Å². The third-order valence-corrected chi connectivity index (χ3v) is 5.44. The van der Waals surface area contributed by atoms with Gasteiger partial charge in [-0.15, -0.1) is 24.8 Å². The van der Waals surface area contributed by atoms with Gasteiger partial charge in [-0.1, -0.05) is 29.8 Å². The molecule has 160 valence electrons. The molecule has 0 aliphatic carbocycles. The number of halogens is 3. The van der Waals surface area contributed by atoms with Gasteiger partial charge in [-0.25, -0.2) is 4.39 Å². The zero-order chi connectivity index (χ0) is 19.3. The predicted octanol–water partition coefficient (Wildman–Crippen LogP) is 5.80. The number of hydrogen-bond acceptors (Lipinski definition) is 3. The highest BCUT2D eigenvalue weighted by Crippen LogP contribution is 2.27. The van der Waals surface area contributed by atoms with E-state index in [1.54, 1.807) is 18.3 Å². The number of piperidine rings is 1. The Labute approximate surface area is 190 Å². The molecule has 6 heteroatoms. The zero-order valence-electron chi connectivity index (χ0n) is 17.1. The molecule has 2 heterocycles. The van der Waals surface area contributed by atoms with E-state index in [0.29, 0.717) is 17.3 Å². The fourth-order valence-corrected chi connectivity index (χ4v) is 3.87. The highest BCUT2D eigenvalue weighted by molar-refractivity contribution is 5.85. The Bertz CT molecular complexity index is 928. The lowest BCUT2D eigenvalue weighted by Crippen LogP contribution is -2.43. The average Bonchev–Trinajstić information content (AvgIpc) is 2.74. The van der Waals surface area contributed by atoms with E-state index < -0.39 is 0 Å². The van der Waals surface area contributed by atoms with Crippen molar-refractivity contribution in [3.05, 3.63) is 83.8 Å². The highest BCUT2D eigenvalue weighted by atomic mass is 35.5. The molecule has 4 rings (SSSR count). The van der Waals surface area contributed by atoms with E-state index in [9.17, 15) is 4.39 Å². The summed E-state index contributed by atoms with van der Waals surface area (Å²) < 4.78 is 14.2. The minimum atomic E-state index is -0.235. The number of rotatable bonds is 5. The zero-order valence-corrected chi connectivity index (χ0v) is 18.7. The molecule has 1 saturated heterocycles. The van der Waals surface area contributed by atoms with Gasteiger partial charge in [-0.05, 0) is 74.8 Å². The number of hydrogen-bond donors (Lipinski definition) is 1. The summed E-state index contributed by atoms with van der Waals surface area (Å²) in [6, 6.07) is 20.1. The lowest BCUT2D eigenvalue weighted by Gasteiger charge is -2.36. The summed E-state index contributed by atoms with van der Waals surface area (Å²) in [6.07, 6.45) is 4.03. The van der Waals surface area contributed by atoms with E-state index in [-0.39, 0.29) is 30.6 Å².